The van der Waals surface area contributed by atoms with Crippen molar-refractivity contribution in [3.05, 3.63) is 56.8 Å². The van der Waals surface area contributed by atoms with Crippen LogP contribution in [0.25, 0.3) is 0 Å². The first kappa shape index (κ1) is 14.7. The first-order chi connectivity index (χ1) is 10.0. The number of halogens is 1. The summed E-state index contributed by atoms with van der Waals surface area (Å²) >= 11 is 3.12. The molecule has 0 amide bonds. The molecule has 8 nitrogen and oxygen atoms in total. The number of rotatable bonds is 4. The van der Waals surface area contributed by atoms with Crippen LogP contribution in [-0.2, 0) is 0 Å². The van der Waals surface area contributed by atoms with Crippen LogP contribution in [0.15, 0.2) is 46.2 Å². The van der Waals surface area contributed by atoms with Gasteiger partial charge in [0, 0.05) is 12.3 Å². The van der Waals surface area contributed by atoms with Crippen LogP contribution in [0.4, 0.5) is 5.69 Å². The van der Waals surface area contributed by atoms with Gasteiger partial charge in [0.15, 0.2) is 17.3 Å². The highest BCUT2D eigenvalue weighted by atomic mass is 79.9. The van der Waals surface area contributed by atoms with Gasteiger partial charge >= 0.3 is 0 Å². The van der Waals surface area contributed by atoms with Crippen molar-refractivity contribution in [2.45, 2.75) is 0 Å². The first-order valence-corrected chi connectivity index (χ1v) is 6.37. The lowest BCUT2D eigenvalue weighted by Gasteiger charge is -2.10. The zero-order valence-corrected chi connectivity index (χ0v) is 12.0. The smallest absolute Gasteiger partial charge is 0.287 e. The SMILES string of the molecule is N/C(=N/O)c1ncccc1Oc1cccc([N+](=O)[O-])c1Br. The minimum absolute atomic E-state index is 0.124. The summed E-state index contributed by atoms with van der Waals surface area (Å²) in [5.41, 5.74) is 5.49. The maximum atomic E-state index is 10.9. The van der Waals surface area contributed by atoms with Gasteiger partial charge in [-0.25, -0.2) is 4.98 Å². The second-order valence-corrected chi connectivity index (χ2v) is 4.58. The molecule has 108 valence electrons. The Balaban J connectivity index is 2.44. The van der Waals surface area contributed by atoms with Crippen LogP contribution in [0.1, 0.15) is 5.69 Å². The Labute approximate surface area is 127 Å². The Kier molecular flexibility index (Phi) is 4.33. The van der Waals surface area contributed by atoms with Crippen LogP contribution in [0, 0.1) is 10.1 Å². The van der Waals surface area contributed by atoms with E-state index in [1.54, 1.807) is 18.2 Å². The summed E-state index contributed by atoms with van der Waals surface area (Å²) in [7, 11) is 0. The fraction of sp³-hybridized carbons (Fsp3) is 0. The minimum atomic E-state index is -0.537. The molecule has 0 spiro atoms. The van der Waals surface area contributed by atoms with E-state index in [0.29, 0.717) is 0 Å². The van der Waals surface area contributed by atoms with Gasteiger partial charge in [0.1, 0.15) is 10.2 Å². The molecule has 1 heterocycles. The van der Waals surface area contributed by atoms with Crippen LogP contribution in [0.5, 0.6) is 11.5 Å². The lowest BCUT2D eigenvalue weighted by atomic mass is 10.3. The third kappa shape index (κ3) is 3.08. The monoisotopic (exact) mass is 352 g/mol. The lowest BCUT2D eigenvalue weighted by molar-refractivity contribution is -0.385. The van der Waals surface area contributed by atoms with Gasteiger partial charge in [-0.15, -0.1) is 0 Å². The maximum absolute atomic E-state index is 10.9. The van der Waals surface area contributed by atoms with Crippen LogP contribution in [0.2, 0.25) is 0 Å². The molecule has 9 heteroatoms. The number of ether oxygens (including phenoxy) is 1. The Bertz CT molecular complexity index is 720. The Hall–Kier alpha value is -2.68. The number of aromatic nitrogens is 1. The van der Waals surface area contributed by atoms with E-state index in [9.17, 15) is 10.1 Å². The average molecular weight is 353 g/mol. The Morgan fingerprint density at radius 1 is 1.38 bits per heavy atom. The van der Waals surface area contributed by atoms with Gasteiger partial charge in [-0.2, -0.15) is 0 Å². The van der Waals surface area contributed by atoms with Crippen molar-refractivity contribution in [2.75, 3.05) is 0 Å². The van der Waals surface area contributed by atoms with Crippen LogP contribution in [0.3, 0.4) is 0 Å². The molecule has 0 saturated carbocycles. The second-order valence-electron chi connectivity index (χ2n) is 3.78. The molecule has 0 unspecified atom stereocenters. The molecule has 0 aliphatic rings. The predicted octanol–water partition coefficient (Wildman–Crippen LogP) is 2.64. The van der Waals surface area contributed by atoms with E-state index in [4.69, 9.17) is 15.7 Å². The Morgan fingerprint density at radius 2 is 2.10 bits per heavy atom. The van der Waals surface area contributed by atoms with Crippen molar-refractivity contribution in [2.24, 2.45) is 10.9 Å². The number of oxime groups is 1. The number of hydrogen-bond donors (Lipinski definition) is 2. The molecule has 0 atom stereocenters. The van der Waals surface area contributed by atoms with E-state index in [2.05, 4.69) is 26.1 Å². The molecule has 0 aliphatic heterocycles. The molecule has 2 aromatic rings. The number of amidine groups is 1. The van der Waals surface area contributed by atoms with Crippen molar-refractivity contribution in [1.29, 1.82) is 0 Å². The van der Waals surface area contributed by atoms with Gasteiger partial charge in [0.05, 0.1) is 4.92 Å². The van der Waals surface area contributed by atoms with E-state index in [-0.39, 0.29) is 33.2 Å². The normalized spacial score (nSPS) is 11.2. The standard InChI is InChI=1S/C12H9BrN4O4/c13-10-7(17(19)20)3-1-4-8(10)21-9-5-2-6-15-11(9)12(14)16-18/h1-6,18H,(H2,14,16). The number of hydrogen-bond acceptors (Lipinski definition) is 6. The fourth-order valence-corrected chi connectivity index (χ4v) is 2.04. The highest BCUT2D eigenvalue weighted by molar-refractivity contribution is 9.10. The summed E-state index contributed by atoms with van der Waals surface area (Å²) in [6.45, 7) is 0. The molecule has 0 radical (unpaired) electrons. The lowest BCUT2D eigenvalue weighted by Crippen LogP contribution is -2.16. The number of nitrogens with two attached hydrogens (primary N) is 1. The highest BCUT2D eigenvalue weighted by Crippen LogP contribution is 2.36. The van der Waals surface area contributed by atoms with Gasteiger partial charge in [-0.3, -0.25) is 10.1 Å². The highest BCUT2D eigenvalue weighted by Gasteiger charge is 2.18. The largest absolute Gasteiger partial charge is 0.453 e. The predicted molar refractivity (Wildman–Crippen MR) is 77.6 cm³/mol. The number of benzene rings is 1. The minimum Gasteiger partial charge on any atom is -0.453 e. The van der Waals surface area contributed by atoms with E-state index in [1.165, 1.54) is 18.3 Å². The van der Waals surface area contributed by atoms with E-state index < -0.39 is 4.92 Å². The average Bonchev–Trinajstić information content (AvgIpc) is 2.49. The van der Waals surface area contributed by atoms with Gasteiger partial charge in [-0.05, 0) is 34.1 Å². The Morgan fingerprint density at radius 3 is 2.76 bits per heavy atom. The van der Waals surface area contributed by atoms with E-state index in [1.807, 2.05) is 0 Å². The molecular weight excluding hydrogens is 344 g/mol. The molecular formula is C12H9BrN4O4. The maximum Gasteiger partial charge on any atom is 0.287 e. The molecule has 3 N–H and O–H groups in total. The van der Waals surface area contributed by atoms with Crippen molar-refractivity contribution in [1.82, 2.24) is 4.98 Å². The van der Waals surface area contributed by atoms with E-state index >= 15 is 0 Å². The van der Waals surface area contributed by atoms with Crippen molar-refractivity contribution >= 4 is 27.5 Å². The van der Waals surface area contributed by atoms with E-state index in [0.717, 1.165) is 0 Å². The number of nitro groups is 1. The molecule has 0 bridgehead atoms. The summed E-state index contributed by atoms with van der Waals surface area (Å²) in [4.78, 5) is 14.3. The van der Waals surface area contributed by atoms with Crippen LogP contribution in [-0.4, -0.2) is 21.0 Å². The molecule has 2 rings (SSSR count). The summed E-state index contributed by atoms with van der Waals surface area (Å²) in [6, 6.07) is 7.50. The first-order valence-electron chi connectivity index (χ1n) is 5.58. The second kappa shape index (κ2) is 6.18. The van der Waals surface area contributed by atoms with Gasteiger partial charge in [-0.1, -0.05) is 11.2 Å². The third-order valence-electron chi connectivity index (χ3n) is 2.48. The van der Waals surface area contributed by atoms with Gasteiger partial charge < -0.3 is 15.7 Å². The van der Waals surface area contributed by atoms with Crippen LogP contribution < -0.4 is 10.5 Å². The fourth-order valence-electron chi connectivity index (χ4n) is 1.55. The summed E-state index contributed by atoms with van der Waals surface area (Å²) in [6.07, 6.45) is 1.45. The third-order valence-corrected chi connectivity index (χ3v) is 3.28. The van der Waals surface area contributed by atoms with Crippen LogP contribution >= 0.6 is 15.9 Å². The number of pyridine rings is 1. The summed E-state index contributed by atoms with van der Waals surface area (Å²) in [5.74, 6) is 0.186. The molecule has 0 saturated heterocycles. The topological polar surface area (TPSA) is 124 Å². The van der Waals surface area contributed by atoms with Gasteiger partial charge in [0.2, 0.25) is 0 Å². The summed E-state index contributed by atoms with van der Waals surface area (Å²) < 4.78 is 5.75. The van der Waals surface area contributed by atoms with Crippen molar-refractivity contribution in [3.63, 3.8) is 0 Å². The van der Waals surface area contributed by atoms with Gasteiger partial charge in [0.25, 0.3) is 5.69 Å². The molecule has 0 fully saturated rings. The van der Waals surface area contributed by atoms with Crippen molar-refractivity contribution in [3.8, 4) is 11.5 Å². The van der Waals surface area contributed by atoms with Crippen molar-refractivity contribution < 1.29 is 14.9 Å². The zero-order chi connectivity index (χ0) is 15.4. The quantitative estimate of drug-likeness (QED) is 0.286. The molecule has 21 heavy (non-hydrogen) atoms. The molecule has 1 aromatic carbocycles. The molecule has 1 aromatic heterocycles. The molecule has 0 aliphatic carbocycles. The number of nitro benzene ring substituents is 1. The summed E-state index contributed by atoms with van der Waals surface area (Å²) in [5, 5.41) is 22.5. The zero-order valence-electron chi connectivity index (χ0n) is 10.4. The number of nitrogens with zero attached hydrogens (tertiary/aromatic N) is 3.